The van der Waals surface area contributed by atoms with Crippen LogP contribution in [0.5, 0.6) is 0 Å². The van der Waals surface area contributed by atoms with Gasteiger partial charge in [-0.3, -0.25) is 4.98 Å². The smallest absolute Gasteiger partial charge is 0.113 e. The lowest BCUT2D eigenvalue weighted by Crippen LogP contribution is -2.36. The Bertz CT molecular complexity index is 542. The van der Waals surface area contributed by atoms with Crippen LogP contribution in [-0.2, 0) is 0 Å². The van der Waals surface area contributed by atoms with Gasteiger partial charge in [0.25, 0.3) is 0 Å². The van der Waals surface area contributed by atoms with Crippen molar-refractivity contribution in [2.75, 3.05) is 32.7 Å². The van der Waals surface area contributed by atoms with Gasteiger partial charge in [-0.05, 0) is 50.2 Å². The van der Waals surface area contributed by atoms with Gasteiger partial charge in [0.05, 0.1) is 11.6 Å². The maximum absolute atomic E-state index is 9.44. The van der Waals surface area contributed by atoms with E-state index >= 15 is 0 Å². The quantitative estimate of drug-likeness (QED) is 0.721. The summed E-state index contributed by atoms with van der Waals surface area (Å²) in [6, 6.07) is 6.42. The molecular weight excluding hydrogens is 286 g/mol. The zero-order chi connectivity index (χ0) is 16.5. The van der Waals surface area contributed by atoms with Crippen molar-refractivity contribution in [2.45, 2.75) is 32.6 Å². The largest absolute Gasteiger partial charge is 0.371 e. The number of hydrogen-bond donors (Lipinski definition) is 2. The third-order valence-corrected chi connectivity index (χ3v) is 4.44. The first-order valence-electron chi connectivity index (χ1n) is 8.51. The van der Waals surface area contributed by atoms with Gasteiger partial charge in [0.1, 0.15) is 5.82 Å². The van der Waals surface area contributed by atoms with Crippen LogP contribution in [0.3, 0.4) is 0 Å². The summed E-state index contributed by atoms with van der Waals surface area (Å²) in [4.78, 5) is 6.47. The van der Waals surface area contributed by atoms with Crippen LogP contribution in [0.1, 0.15) is 38.2 Å². The molecule has 0 amide bonds. The van der Waals surface area contributed by atoms with Crippen molar-refractivity contribution in [2.24, 2.45) is 0 Å². The molecule has 1 aliphatic rings. The highest BCUT2D eigenvalue weighted by molar-refractivity contribution is 5.33. The SMILES string of the molecule is CCN(CC)CCCNC1=C(C#N)CC(c2ccncc2)CN1. The Kier molecular flexibility index (Phi) is 6.89. The minimum Gasteiger partial charge on any atom is -0.371 e. The molecule has 23 heavy (non-hydrogen) atoms. The summed E-state index contributed by atoms with van der Waals surface area (Å²) in [6.45, 7) is 9.40. The highest BCUT2D eigenvalue weighted by atomic mass is 15.1. The number of hydrogen-bond acceptors (Lipinski definition) is 5. The number of nitrogens with zero attached hydrogens (tertiary/aromatic N) is 3. The second kappa shape index (κ2) is 9.16. The van der Waals surface area contributed by atoms with Crippen LogP contribution in [0.4, 0.5) is 0 Å². The first-order valence-corrected chi connectivity index (χ1v) is 8.51. The van der Waals surface area contributed by atoms with Gasteiger partial charge in [0.2, 0.25) is 0 Å². The fourth-order valence-corrected chi connectivity index (χ4v) is 2.95. The van der Waals surface area contributed by atoms with Crippen LogP contribution in [0.2, 0.25) is 0 Å². The van der Waals surface area contributed by atoms with Crippen LogP contribution in [0.25, 0.3) is 0 Å². The number of aromatic nitrogens is 1. The summed E-state index contributed by atoms with van der Waals surface area (Å²) in [5.41, 5.74) is 2.06. The lowest BCUT2D eigenvalue weighted by Gasteiger charge is -2.27. The molecule has 0 fully saturated rings. The van der Waals surface area contributed by atoms with E-state index < -0.39 is 0 Å². The maximum atomic E-state index is 9.44. The van der Waals surface area contributed by atoms with Gasteiger partial charge in [-0.25, -0.2) is 0 Å². The van der Waals surface area contributed by atoms with E-state index in [-0.39, 0.29) is 0 Å². The number of allylic oxidation sites excluding steroid dienone is 1. The van der Waals surface area contributed by atoms with Gasteiger partial charge >= 0.3 is 0 Å². The average molecular weight is 313 g/mol. The molecule has 5 nitrogen and oxygen atoms in total. The highest BCUT2D eigenvalue weighted by Crippen LogP contribution is 2.26. The van der Waals surface area contributed by atoms with Crippen molar-refractivity contribution in [1.29, 1.82) is 5.26 Å². The Morgan fingerprint density at radius 3 is 2.74 bits per heavy atom. The van der Waals surface area contributed by atoms with E-state index in [0.29, 0.717) is 5.92 Å². The summed E-state index contributed by atoms with van der Waals surface area (Å²) in [5, 5.41) is 16.2. The van der Waals surface area contributed by atoms with Crippen LogP contribution in [0.15, 0.2) is 35.9 Å². The van der Waals surface area contributed by atoms with Gasteiger partial charge in [-0.2, -0.15) is 5.26 Å². The minimum atomic E-state index is 0.342. The summed E-state index contributed by atoms with van der Waals surface area (Å²) in [6.07, 6.45) is 5.49. The fraction of sp³-hybridized carbons (Fsp3) is 0.556. The van der Waals surface area contributed by atoms with Gasteiger partial charge in [-0.1, -0.05) is 13.8 Å². The maximum Gasteiger partial charge on any atom is 0.113 e. The Morgan fingerprint density at radius 1 is 1.35 bits per heavy atom. The fourth-order valence-electron chi connectivity index (χ4n) is 2.95. The molecule has 0 aromatic carbocycles. The van der Waals surface area contributed by atoms with E-state index in [1.165, 1.54) is 5.56 Å². The Balaban J connectivity index is 1.87. The average Bonchev–Trinajstić information content (AvgIpc) is 2.62. The molecule has 0 saturated carbocycles. The van der Waals surface area contributed by atoms with Crippen molar-refractivity contribution >= 4 is 0 Å². The standard InChI is InChI=1S/C18H27N5/c1-3-23(4-2)11-5-8-21-18-16(13-19)12-17(14-22-18)15-6-9-20-10-7-15/h6-7,9-10,17,21-22H,3-5,8,11-12,14H2,1-2H3. The van der Waals surface area contributed by atoms with Crippen LogP contribution < -0.4 is 10.6 Å². The van der Waals surface area contributed by atoms with E-state index in [2.05, 4.69) is 40.4 Å². The zero-order valence-electron chi connectivity index (χ0n) is 14.2. The van der Waals surface area contributed by atoms with E-state index in [1.807, 2.05) is 24.5 Å². The van der Waals surface area contributed by atoms with Crippen LogP contribution >= 0.6 is 0 Å². The number of nitrogens with one attached hydrogen (secondary N) is 2. The van der Waals surface area contributed by atoms with Crippen molar-refractivity contribution in [1.82, 2.24) is 20.5 Å². The molecule has 0 aliphatic carbocycles. The molecule has 0 bridgehead atoms. The summed E-state index contributed by atoms with van der Waals surface area (Å²) >= 11 is 0. The Morgan fingerprint density at radius 2 is 2.09 bits per heavy atom. The number of pyridine rings is 1. The van der Waals surface area contributed by atoms with E-state index in [4.69, 9.17) is 0 Å². The second-order valence-electron chi connectivity index (χ2n) is 5.84. The molecular formula is C18H27N5. The first kappa shape index (κ1) is 17.3. The molecule has 2 heterocycles. The molecule has 2 rings (SSSR count). The molecule has 124 valence electrons. The predicted octanol–water partition coefficient (Wildman–Crippen LogP) is 2.22. The topological polar surface area (TPSA) is 64.0 Å². The lowest BCUT2D eigenvalue weighted by molar-refractivity contribution is 0.298. The number of nitriles is 1. The second-order valence-corrected chi connectivity index (χ2v) is 5.84. The first-order chi connectivity index (χ1) is 11.3. The molecule has 2 N–H and O–H groups in total. The molecule has 0 saturated heterocycles. The lowest BCUT2D eigenvalue weighted by atomic mass is 9.90. The summed E-state index contributed by atoms with van der Waals surface area (Å²) in [5.74, 6) is 1.26. The molecule has 0 radical (unpaired) electrons. The van der Waals surface area contributed by atoms with Crippen molar-refractivity contribution in [3.8, 4) is 6.07 Å². The molecule has 1 aliphatic heterocycles. The molecule has 1 atom stereocenters. The van der Waals surface area contributed by atoms with Gasteiger partial charge in [0.15, 0.2) is 0 Å². The third kappa shape index (κ3) is 4.97. The van der Waals surface area contributed by atoms with E-state index in [0.717, 1.165) is 57.0 Å². The van der Waals surface area contributed by atoms with Crippen molar-refractivity contribution < 1.29 is 0 Å². The number of rotatable bonds is 8. The highest BCUT2D eigenvalue weighted by Gasteiger charge is 2.21. The molecule has 0 spiro atoms. The van der Waals surface area contributed by atoms with E-state index in [9.17, 15) is 5.26 Å². The third-order valence-electron chi connectivity index (χ3n) is 4.44. The van der Waals surface area contributed by atoms with Gasteiger partial charge in [0, 0.05) is 31.4 Å². The molecule has 1 unspecified atom stereocenters. The van der Waals surface area contributed by atoms with Crippen molar-refractivity contribution in [3.05, 3.63) is 41.5 Å². The van der Waals surface area contributed by atoms with Crippen LogP contribution in [-0.4, -0.2) is 42.6 Å². The molecule has 5 heteroatoms. The van der Waals surface area contributed by atoms with Gasteiger partial charge < -0.3 is 15.5 Å². The Hall–Kier alpha value is -2.06. The van der Waals surface area contributed by atoms with Crippen molar-refractivity contribution in [3.63, 3.8) is 0 Å². The van der Waals surface area contributed by atoms with Gasteiger partial charge in [-0.15, -0.1) is 0 Å². The molecule has 1 aromatic rings. The monoisotopic (exact) mass is 313 g/mol. The Labute approximate surface area is 139 Å². The van der Waals surface area contributed by atoms with Crippen LogP contribution in [0, 0.1) is 11.3 Å². The zero-order valence-corrected chi connectivity index (χ0v) is 14.2. The predicted molar refractivity (Wildman–Crippen MR) is 92.6 cm³/mol. The summed E-state index contributed by atoms with van der Waals surface area (Å²) < 4.78 is 0. The van der Waals surface area contributed by atoms with E-state index in [1.54, 1.807) is 0 Å². The normalized spacial score (nSPS) is 17.7. The molecule has 1 aromatic heterocycles. The summed E-state index contributed by atoms with van der Waals surface area (Å²) in [7, 11) is 0. The minimum absolute atomic E-state index is 0.342.